The van der Waals surface area contributed by atoms with Crippen molar-refractivity contribution in [3.05, 3.63) is 113 Å². The molecule has 3 heteroatoms. The molecule has 0 aliphatic carbocycles. The molecule has 3 aromatic rings. The maximum absolute atomic E-state index is 13.4. The summed E-state index contributed by atoms with van der Waals surface area (Å²) in [5, 5.41) is 13.4. The molecule has 25 heavy (non-hydrogen) atoms. The maximum atomic E-state index is 13.4. The largest absolute Gasteiger partial charge is 0.621 e. The quantitative estimate of drug-likeness (QED) is 0.520. The van der Waals surface area contributed by atoms with Gasteiger partial charge in [0, 0.05) is 12.5 Å². The number of benzene rings is 3. The van der Waals surface area contributed by atoms with Crippen LogP contribution in [0.3, 0.4) is 0 Å². The Balaban J connectivity index is 2.01. The summed E-state index contributed by atoms with van der Waals surface area (Å²) in [6.45, 7) is 1.84. The number of rotatable bonds is 3. The summed E-state index contributed by atoms with van der Waals surface area (Å²) in [5.41, 5.74) is 2.96. The number of hydrogen-bond acceptors (Lipinski definition) is 2. The Labute approximate surface area is 147 Å². The number of aliphatic imine (C=N–C) groups is 1. The highest BCUT2D eigenvalue weighted by molar-refractivity contribution is 6.46. The molecule has 0 radical (unpaired) electrons. The lowest BCUT2D eigenvalue weighted by Gasteiger charge is -2.26. The van der Waals surface area contributed by atoms with Crippen molar-refractivity contribution in [2.45, 2.75) is 12.6 Å². The third kappa shape index (κ3) is 2.36. The van der Waals surface area contributed by atoms with Crippen molar-refractivity contribution >= 4 is 11.4 Å². The molecule has 0 unspecified atom stereocenters. The summed E-state index contributed by atoms with van der Waals surface area (Å²) >= 11 is 0. The van der Waals surface area contributed by atoms with Crippen LogP contribution in [0.4, 0.5) is 0 Å². The summed E-state index contributed by atoms with van der Waals surface area (Å²) in [6.07, 6.45) is 0. The fourth-order valence-corrected chi connectivity index (χ4v) is 3.37. The van der Waals surface area contributed by atoms with E-state index in [4.69, 9.17) is 4.99 Å². The third-order valence-corrected chi connectivity index (χ3v) is 4.61. The zero-order valence-electron chi connectivity index (χ0n) is 14.0. The van der Waals surface area contributed by atoms with Crippen LogP contribution in [0.25, 0.3) is 0 Å². The van der Waals surface area contributed by atoms with Gasteiger partial charge in [0.1, 0.15) is 5.71 Å². The summed E-state index contributed by atoms with van der Waals surface area (Å²) in [4.78, 5) is 4.99. The zero-order chi connectivity index (χ0) is 17.3. The van der Waals surface area contributed by atoms with Crippen molar-refractivity contribution in [2.75, 3.05) is 0 Å². The lowest BCUT2D eigenvalue weighted by molar-refractivity contribution is -0.538. The van der Waals surface area contributed by atoms with Crippen LogP contribution < -0.4 is 0 Å². The summed E-state index contributed by atoms with van der Waals surface area (Å²) in [5.74, 6) is 0. The molecular formula is C22H18N2O. The molecule has 1 aliphatic heterocycles. The molecule has 3 nitrogen and oxygen atoms in total. The molecule has 0 amide bonds. The van der Waals surface area contributed by atoms with Gasteiger partial charge in [-0.1, -0.05) is 66.7 Å². The SMILES string of the molecule is CC1=[N+]([O-])C(c2ccccc2)(c2ccccc2)N=C1c1ccccc1. The number of hydrogen-bond donors (Lipinski definition) is 0. The van der Waals surface area contributed by atoms with Crippen LogP contribution in [-0.2, 0) is 5.66 Å². The van der Waals surface area contributed by atoms with E-state index < -0.39 is 5.66 Å². The molecule has 0 bridgehead atoms. The van der Waals surface area contributed by atoms with Crippen LogP contribution in [0.2, 0.25) is 0 Å². The zero-order valence-corrected chi connectivity index (χ0v) is 14.0. The Bertz CT molecular complexity index is 906. The van der Waals surface area contributed by atoms with Crippen LogP contribution in [0.1, 0.15) is 23.6 Å². The first-order valence-corrected chi connectivity index (χ1v) is 8.31. The van der Waals surface area contributed by atoms with Crippen LogP contribution in [0.5, 0.6) is 0 Å². The topological polar surface area (TPSA) is 38.4 Å². The molecule has 0 atom stereocenters. The Hall–Kier alpha value is -3.20. The lowest BCUT2D eigenvalue weighted by atomic mass is 9.92. The van der Waals surface area contributed by atoms with E-state index in [2.05, 4.69) is 0 Å². The minimum absolute atomic E-state index is 0.624. The second-order valence-corrected chi connectivity index (χ2v) is 6.11. The van der Waals surface area contributed by atoms with Gasteiger partial charge in [-0.2, -0.15) is 9.73 Å². The molecule has 0 fully saturated rings. The van der Waals surface area contributed by atoms with Gasteiger partial charge in [0.05, 0.1) is 11.1 Å². The van der Waals surface area contributed by atoms with Gasteiger partial charge < -0.3 is 5.21 Å². The summed E-state index contributed by atoms with van der Waals surface area (Å²) < 4.78 is 1.04. The van der Waals surface area contributed by atoms with Gasteiger partial charge in [0.15, 0.2) is 0 Å². The Morgan fingerprint density at radius 2 is 1.16 bits per heavy atom. The van der Waals surface area contributed by atoms with Gasteiger partial charge in [-0.15, -0.1) is 0 Å². The molecule has 4 rings (SSSR count). The second-order valence-electron chi connectivity index (χ2n) is 6.11. The van der Waals surface area contributed by atoms with E-state index in [-0.39, 0.29) is 0 Å². The van der Waals surface area contributed by atoms with E-state index in [1.165, 1.54) is 0 Å². The average molecular weight is 326 g/mol. The minimum atomic E-state index is -1.09. The van der Waals surface area contributed by atoms with E-state index in [9.17, 15) is 5.21 Å². The molecule has 1 aliphatic rings. The smallest absolute Gasteiger partial charge is 0.319 e. The minimum Gasteiger partial charge on any atom is -0.621 e. The monoisotopic (exact) mass is 326 g/mol. The molecule has 3 aromatic carbocycles. The Morgan fingerprint density at radius 3 is 1.64 bits per heavy atom. The van der Waals surface area contributed by atoms with E-state index in [0.29, 0.717) is 5.71 Å². The first kappa shape index (κ1) is 15.3. The molecular weight excluding hydrogens is 308 g/mol. The standard InChI is InChI=1S/C22H18N2O/c1-17-21(18-11-5-2-6-12-18)23-22(24(17)25,19-13-7-3-8-14-19)20-15-9-4-10-16-20/h2-16H,1H3. The number of nitrogens with zero attached hydrogens (tertiary/aromatic N) is 2. The summed E-state index contributed by atoms with van der Waals surface area (Å²) in [6, 6.07) is 29.4. The van der Waals surface area contributed by atoms with E-state index in [0.717, 1.165) is 27.1 Å². The van der Waals surface area contributed by atoms with Crippen molar-refractivity contribution in [1.82, 2.24) is 0 Å². The lowest BCUT2D eigenvalue weighted by Crippen LogP contribution is -2.34. The van der Waals surface area contributed by atoms with Gasteiger partial charge in [-0.25, -0.2) is 0 Å². The van der Waals surface area contributed by atoms with E-state index >= 15 is 0 Å². The maximum Gasteiger partial charge on any atom is 0.319 e. The predicted octanol–water partition coefficient (Wildman–Crippen LogP) is 4.36. The predicted molar refractivity (Wildman–Crippen MR) is 101 cm³/mol. The first-order chi connectivity index (χ1) is 12.2. The van der Waals surface area contributed by atoms with E-state index in [1.807, 2.05) is 97.9 Å². The van der Waals surface area contributed by atoms with Gasteiger partial charge in [-0.05, 0) is 24.3 Å². The molecule has 0 aromatic heterocycles. The molecule has 0 saturated carbocycles. The normalized spacial score (nSPS) is 16.0. The highest BCUT2D eigenvalue weighted by Gasteiger charge is 2.49. The van der Waals surface area contributed by atoms with Gasteiger partial charge in [-0.3, -0.25) is 0 Å². The molecule has 0 N–H and O–H groups in total. The highest BCUT2D eigenvalue weighted by atomic mass is 16.5. The van der Waals surface area contributed by atoms with Gasteiger partial charge in [0.25, 0.3) is 0 Å². The van der Waals surface area contributed by atoms with Crippen molar-refractivity contribution < 1.29 is 4.74 Å². The Kier molecular flexibility index (Phi) is 3.69. The fourth-order valence-electron chi connectivity index (χ4n) is 3.37. The second kappa shape index (κ2) is 6.02. The molecule has 0 saturated heterocycles. The first-order valence-electron chi connectivity index (χ1n) is 8.31. The van der Waals surface area contributed by atoms with E-state index in [1.54, 1.807) is 0 Å². The number of hydroxylamine groups is 1. The van der Waals surface area contributed by atoms with Crippen molar-refractivity contribution in [2.24, 2.45) is 4.99 Å². The van der Waals surface area contributed by atoms with Crippen molar-refractivity contribution in [3.8, 4) is 0 Å². The van der Waals surface area contributed by atoms with Gasteiger partial charge >= 0.3 is 5.66 Å². The highest BCUT2D eigenvalue weighted by Crippen LogP contribution is 2.38. The molecule has 1 heterocycles. The van der Waals surface area contributed by atoms with Crippen molar-refractivity contribution in [3.63, 3.8) is 0 Å². The summed E-state index contributed by atoms with van der Waals surface area (Å²) in [7, 11) is 0. The van der Waals surface area contributed by atoms with Crippen LogP contribution in [0, 0.1) is 5.21 Å². The third-order valence-electron chi connectivity index (χ3n) is 4.61. The average Bonchev–Trinajstić information content (AvgIpc) is 2.96. The fraction of sp³-hybridized carbons (Fsp3) is 0.0909. The Morgan fingerprint density at radius 1 is 0.720 bits per heavy atom. The van der Waals surface area contributed by atoms with Crippen LogP contribution in [-0.4, -0.2) is 16.2 Å². The van der Waals surface area contributed by atoms with Crippen LogP contribution >= 0.6 is 0 Å². The van der Waals surface area contributed by atoms with Crippen LogP contribution in [0.15, 0.2) is 96.0 Å². The molecule has 122 valence electrons. The van der Waals surface area contributed by atoms with Gasteiger partial charge in [0.2, 0.25) is 5.71 Å². The molecule has 0 spiro atoms. The van der Waals surface area contributed by atoms with Crippen molar-refractivity contribution in [1.29, 1.82) is 0 Å².